The molecule has 0 unspecified atom stereocenters. The number of carbonyl (C=O) groups excluding carboxylic acids is 1. The summed E-state index contributed by atoms with van der Waals surface area (Å²) in [5, 5.41) is 0.512. The second kappa shape index (κ2) is 7.59. The molecule has 27 heavy (non-hydrogen) atoms. The van der Waals surface area contributed by atoms with Crippen LogP contribution in [0.3, 0.4) is 0 Å². The molecule has 2 aromatic carbocycles. The molecule has 0 spiro atoms. The molecular formula is C17H13Cl2N3O4S. The number of nitrogens with one attached hydrogen (secondary N) is 1. The summed E-state index contributed by atoms with van der Waals surface area (Å²) >= 11 is 12.1. The number of rotatable bonds is 5. The van der Waals surface area contributed by atoms with Crippen molar-refractivity contribution in [1.82, 2.24) is 14.3 Å². The summed E-state index contributed by atoms with van der Waals surface area (Å²) in [4.78, 5) is 16.2. The smallest absolute Gasteiger partial charge is 0.286 e. The van der Waals surface area contributed by atoms with Crippen molar-refractivity contribution in [3.8, 4) is 11.4 Å². The minimum atomic E-state index is -4.09. The lowest BCUT2D eigenvalue weighted by Crippen LogP contribution is -2.31. The fourth-order valence-electron chi connectivity index (χ4n) is 2.25. The maximum Gasteiger partial charge on any atom is 0.286 e. The Labute approximate surface area is 165 Å². The Balaban J connectivity index is 1.84. The number of nitrogens with zero attached hydrogens (tertiary/aromatic N) is 2. The van der Waals surface area contributed by atoms with Gasteiger partial charge in [0.05, 0.1) is 12.0 Å². The molecule has 7 nitrogen and oxygen atoms in total. The maximum atomic E-state index is 12.4. The number of imidazole rings is 1. The van der Waals surface area contributed by atoms with Crippen LogP contribution in [0.25, 0.3) is 5.69 Å². The highest BCUT2D eigenvalue weighted by Crippen LogP contribution is 2.22. The van der Waals surface area contributed by atoms with Crippen LogP contribution < -0.4 is 9.46 Å². The Morgan fingerprint density at radius 2 is 1.70 bits per heavy atom. The number of amides is 1. The Morgan fingerprint density at radius 1 is 1.07 bits per heavy atom. The molecule has 1 aromatic heterocycles. The van der Waals surface area contributed by atoms with Gasteiger partial charge in [0.15, 0.2) is 5.69 Å². The number of hydrogen-bond acceptors (Lipinski definition) is 5. The van der Waals surface area contributed by atoms with Gasteiger partial charge in [0.25, 0.3) is 15.9 Å². The third-order valence-corrected chi connectivity index (χ3v) is 5.59. The molecule has 0 bridgehead atoms. The van der Waals surface area contributed by atoms with Gasteiger partial charge in [0, 0.05) is 10.7 Å². The van der Waals surface area contributed by atoms with Gasteiger partial charge in [-0.1, -0.05) is 23.2 Å². The largest absolute Gasteiger partial charge is 0.497 e. The van der Waals surface area contributed by atoms with Crippen molar-refractivity contribution in [2.24, 2.45) is 0 Å². The van der Waals surface area contributed by atoms with E-state index >= 15 is 0 Å². The number of sulfonamides is 1. The van der Waals surface area contributed by atoms with Crippen molar-refractivity contribution in [2.75, 3.05) is 7.11 Å². The summed E-state index contributed by atoms with van der Waals surface area (Å²) < 4.78 is 33.1. The Kier molecular flexibility index (Phi) is 5.41. The lowest BCUT2D eigenvalue weighted by molar-refractivity contribution is 0.0977. The quantitative estimate of drug-likeness (QED) is 0.676. The zero-order valence-electron chi connectivity index (χ0n) is 13.9. The number of benzene rings is 2. The van der Waals surface area contributed by atoms with E-state index in [0.29, 0.717) is 16.5 Å². The highest BCUT2D eigenvalue weighted by Gasteiger charge is 2.23. The Morgan fingerprint density at radius 3 is 2.30 bits per heavy atom. The van der Waals surface area contributed by atoms with Crippen LogP contribution in [0.2, 0.25) is 10.2 Å². The summed E-state index contributed by atoms with van der Waals surface area (Å²) in [6.07, 6.45) is 1.32. The average Bonchev–Trinajstić information content (AvgIpc) is 3.03. The molecule has 0 radical (unpaired) electrons. The van der Waals surface area contributed by atoms with Crippen LogP contribution in [0.15, 0.2) is 59.8 Å². The molecule has 10 heteroatoms. The first-order valence-electron chi connectivity index (χ1n) is 7.52. The summed E-state index contributed by atoms with van der Waals surface area (Å²) in [7, 11) is -2.63. The van der Waals surface area contributed by atoms with Crippen LogP contribution in [0.5, 0.6) is 5.75 Å². The highest BCUT2D eigenvalue weighted by molar-refractivity contribution is 7.90. The van der Waals surface area contributed by atoms with Crippen molar-refractivity contribution in [1.29, 1.82) is 0 Å². The third-order valence-electron chi connectivity index (χ3n) is 3.63. The number of hydrogen-bond donors (Lipinski definition) is 1. The predicted molar refractivity (Wildman–Crippen MR) is 101 cm³/mol. The van der Waals surface area contributed by atoms with Gasteiger partial charge in [-0.15, -0.1) is 0 Å². The van der Waals surface area contributed by atoms with Gasteiger partial charge >= 0.3 is 0 Å². The van der Waals surface area contributed by atoms with Crippen LogP contribution >= 0.6 is 23.2 Å². The van der Waals surface area contributed by atoms with Crippen LogP contribution in [0.1, 0.15) is 10.5 Å². The fourth-order valence-corrected chi connectivity index (χ4v) is 3.61. The third kappa shape index (κ3) is 4.08. The molecule has 1 amide bonds. The van der Waals surface area contributed by atoms with Gasteiger partial charge in [-0.2, -0.15) is 0 Å². The molecule has 0 aliphatic rings. The van der Waals surface area contributed by atoms with E-state index in [9.17, 15) is 13.2 Å². The van der Waals surface area contributed by atoms with Crippen LogP contribution in [-0.4, -0.2) is 31.0 Å². The number of halogens is 2. The van der Waals surface area contributed by atoms with E-state index in [2.05, 4.69) is 4.98 Å². The van der Waals surface area contributed by atoms with E-state index < -0.39 is 15.9 Å². The van der Waals surface area contributed by atoms with Crippen molar-refractivity contribution in [2.45, 2.75) is 4.90 Å². The number of methoxy groups -OCH3 is 1. The molecule has 0 aliphatic carbocycles. The number of carbonyl (C=O) groups is 1. The molecule has 0 saturated heterocycles. The lowest BCUT2D eigenvalue weighted by atomic mass is 10.3. The first-order valence-corrected chi connectivity index (χ1v) is 9.76. The van der Waals surface area contributed by atoms with Crippen LogP contribution in [-0.2, 0) is 10.0 Å². The van der Waals surface area contributed by atoms with E-state index in [-0.39, 0.29) is 15.7 Å². The Bertz CT molecular complexity index is 1080. The maximum absolute atomic E-state index is 12.4. The zero-order chi connectivity index (χ0) is 19.6. The first kappa shape index (κ1) is 19.2. The predicted octanol–water partition coefficient (Wildman–Crippen LogP) is 3.31. The standard InChI is InChI=1S/C17H13Cl2N3O4S/c1-26-13-6-8-14(9-7-13)27(24,25)21-17(23)15-16(19)22(10-20-15)12-4-2-11(18)3-5-12/h2-10H,1H3,(H,21,23). The number of ether oxygens (including phenoxy) is 1. The van der Waals surface area contributed by atoms with Gasteiger partial charge in [0.2, 0.25) is 0 Å². The van der Waals surface area contributed by atoms with Gasteiger partial charge in [-0.05, 0) is 48.5 Å². The van der Waals surface area contributed by atoms with E-state index in [4.69, 9.17) is 27.9 Å². The van der Waals surface area contributed by atoms with Gasteiger partial charge in [-0.3, -0.25) is 9.36 Å². The van der Waals surface area contributed by atoms with Gasteiger partial charge in [0.1, 0.15) is 17.2 Å². The van der Waals surface area contributed by atoms with Crippen LogP contribution in [0, 0.1) is 0 Å². The summed E-state index contributed by atoms with van der Waals surface area (Å²) in [6.45, 7) is 0. The second-order valence-corrected chi connectivity index (χ2v) is 7.82. The zero-order valence-corrected chi connectivity index (χ0v) is 16.2. The average molecular weight is 426 g/mol. The fraction of sp³-hybridized carbons (Fsp3) is 0.0588. The summed E-state index contributed by atoms with van der Waals surface area (Å²) in [5.74, 6) is -0.450. The van der Waals surface area contributed by atoms with Crippen LogP contribution in [0.4, 0.5) is 0 Å². The van der Waals surface area contributed by atoms with E-state index in [1.807, 2.05) is 4.72 Å². The topological polar surface area (TPSA) is 90.3 Å². The molecule has 0 fully saturated rings. The molecule has 3 aromatic rings. The second-order valence-electron chi connectivity index (χ2n) is 5.34. The minimum absolute atomic E-state index is 0.0280. The molecule has 0 atom stereocenters. The lowest BCUT2D eigenvalue weighted by Gasteiger charge is -2.07. The van der Waals surface area contributed by atoms with Gasteiger partial charge in [-0.25, -0.2) is 18.1 Å². The molecule has 1 heterocycles. The summed E-state index contributed by atoms with van der Waals surface area (Å²) in [5.41, 5.74) is 0.401. The van der Waals surface area contributed by atoms with Crippen molar-refractivity contribution >= 4 is 39.1 Å². The SMILES string of the molecule is COc1ccc(S(=O)(=O)NC(=O)c2ncn(-c3ccc(Cl)cc3)c2Cl)cc1. The number of aromatic nitrogens is 2. The molecule has 1 N–H and O–H groups in total. The normalized spacial score (nSPS) is 11.2. The van der Waals surface area contributed by atoms with Crippen molar-refractivity contribution in [3.63, 3.8) is 0 Å². The monoisotopic (exact) mass is 425 g/mol. The minimum Gasteiger partial charge on any atom is -0.497 e. The first-order chi connectivity index (χ1) is 12.8. The van der Waals surface area contributed by atoms with Gasteiger partial charge < -0.3 is 4.74 Å². The Hall–Kier alpha value is -2.55. The molecule has 0 aliphatic heterocycles. The molecule has 140 valence electrons. The highest BCUT2D eigenvalue weighted by atomic mass is 35.5. The van der Waals surface area contributed by atoms with Crippen molar-refractivity contribution in [3.05, 3.63) is 70.7 Å². The molecule has 0 saturated carbocycles. The van der Waals surface area contributed by atoms with E-state index in [1.165, 1.54) is 42.3 Å². The molecular weight excluding hydrogens is 413 g/mol. The summed E-state index contributed by atoms with van der Waals surface area (Å²) in [6, 6.07) is 12.3. The van der Waals surface area contributed by atoms with E-state index in [0.717, 1.165) is 0 Å². The van der Waals surface area contributed by atoms with E-state index in [1.54, 1.807) is 24.3 Å². The van der Waals surface area contributed by atoms with Crippen molar-refractivity contribution < 1.29 is 17.9 Å². The molecule has 3 rings (SSSR count).